The SMILES string of the molecule is Cc1cc2c3ccc4cc3c(C)cc2c2ccc(cc12)-c1ccc2c(c1)c(C)cc1c3ccc(cc3c(C)cc21)-c1ccc2c(c1)c(C)cc1c3ccc(cc3c(C)cc21)-c1ccc2c(c1)c(C)cc1c3ccc-4cc3c(C)cc21. The Bertz CT molecular complexity index is 4560. The molecule has 0 heteroatoms. The Morgan fingerprint density at radius 2 is 0.225 bits per heavy atom. The predicted octanol–water partition coefficient (Wildman–Crippen LogP) is 23.0. The summed E-state index contributed by atoms with van der Waals surface area (Å²) < 4.78 is 0. The summed E-state index contributed by atoms with van der Waals surface area (Å²) in [4.78, 5) is 0. The van der Waals surface area contributed by atoms with Crippen molar-refractivity contribution in [3.63, 3.8) is 0 Å². The molecule has 28 aliphatic carbocycles. The molecule has 376 valence electrons. The van der Waals surface area contributed by atoms with Crippen LogP contribution in [0, 0.1) is 55.4 Å². The maximum atomic E-state index is 2.43. The van der Waals surface area contributed by atoms with Crippen LogP contribution in [0.3, 0.4) is 0 Å². The van der Waals surface area contributed by atoms with E-state index in [4.69, 9.17) is 0 Å². The standard InChI is InChI=1S/C80H56/c1-41-25-73-58-18-10-51-35-66(58)42(2)26-74(73)57-17-9-49(33-65(41)57)50-11-19-59-67(34-50)43(3)27-76-61-21-13-53(37-69(61)44(4)28-75(59)76)54-15-23-63-71(38-54)47(7)31-80-64-24-16-56(40-72(64)48(8)32-79(63)80)55-14-22-62-70(39-55)46(6)30-77-60-20-12-52(51)36-68(60)45(5)29-78(62)77/h9-40H,1-8H3. The molecule has 0 atom stereocenters. The van der Waals surface area contributed by atoms with Gasteiger partial charge in [0.05, 0.1) is 0 Å². The van der Waals surface area contributed by atoms with Crippen LogP contribution in [0.2, 0.25) is 0 Å². The molecule has 0 saturated heterocycles. The third-order valence-corrected chi connectivity index (χ3v) is 19.3. The first kappa shape index (κ1) is 45.6. The molecule has 0 heterocycles. The molecule has 32 bridgehead atoms. The lowest BCUT2D eigenvalue weighted by atomic mass is 9.87. The molecule has 0 unspecified atom stereocenters. The first-order chi connectivity index (χ1) is 38.9. The predicted molar refractivity (Wildman–Crippen MR) is 350 cm³/mol. The second-order valence-corrected chi connectivity index (χ2v) is 24.0. The highest BCUT2D eigenvalue weighted by Gasteiger charge is 2.19. The molecule has 44 rings (SSSR count). The van der Waals surface area contributed by atoms with Gasteiger partial charge in [0.25, 0.3) is 0 Å². The average Bonchev–Trinajstić information content (AvgIpc) is 3.61. The lowest BCUT2D eigenvalue weighted by Crippen LogP contribution is -1.91. The van der Waals surface area contributed by atoms with Crippen molar-refractivity contribution in [2.24, 2.45) is 0 Å². The molecule has 0 saturated carbocycles. The minimum absolute atomic E-state index is 1.25. The van der Waals surface area contributed by atoms with Crippen molar-refractivity contribution in [1.82, 2.24) is 0 Å². The van der Waals surface area contributed by atoms with Crippen molar-refractivity contribution in [3.05, 3.63) is 239 Å². The van der Waals surface area contributed by atoms with E-state index in [1.54, 1.807) is 0 Å². The van der Waals surface area contributed by atoms with Gasteiger partial charge in [0, 0.05) is 0 Å². The number of rotatable bonds is 0. The normalized spacial score (nSPS) is 12.5. The molecular weight excluding hydrogens is 961 g/mol. The lowest BCUT2D eigenvalue weighted by Gasteiger charge is -2.17. The van der Waals surface area contributed by atoms with Crippen molar-refractivity contribution in [2.45, 2.75) is 55.4 Å². The second-order valence-electron chi connectivity index (χ2n) is 24.0. The van der Waals surface area contributed by atoms with E-state index in [0.29, 0.717) is 0 Å². The van der Waals surface area contributed by atoms with Gasteiger partial charge in [-0.3, -0.25) is 0 Å². The van der Waals surface area contributed by atoms with Gasteiger partial charge >= 0.3 is 0 Å². The van der Waals surface area contributed by atoms with Crippen molar-refractivity contribution in [3.8, 4) is 44.5 Å². The maximum absolute atomic E-state index is 2.43. The minimum atomic E-state index is 1.25. The van der Waals surface area contributed by atoms with E-state index in [9.17, 15) is 0 Å². The monoisotopic (exact) mass is 1020 g/mol. The van der Waals surface area contributed by atoms with Gasteiger partial charge in [0.2, 0.25) is 0 Å². The van der Waals surface area contributed by atoms with Gasteiger partial charge in [-0.2, -0.15) is 0 Å². The Balaban J connectivity index is 0.889. The summed E-state index contributed by atoms with van der Waals surface area (Å²) >= 11 is 0. The summed E-state index contributed by atoms with van der Waals surface area (Å²) in [5.41, 5.74) is 20.3. The zero-order valence-corrected chi connectivity index (χ0v) is 46.5. The molecule has 0 radical (unpaired) electrons. The van der Waals surface area contributed by atoms with Crippen LogP contribution in [-0.4, -0.2) is 0 Å². The Morgan fingerprint density at radius 3 is 0.338 bits per heavy atom. The van der Waals surface area contributed by atoms with Crippen LogP contribution in [0.4, 0.5) is 0 Å². The largest absolute Gasteiger partial charge is 0.0537 e. The van der Waals surface area contributed by atoms with Crippen LogP contribution in [0.1, 0.15) is 44.5 Å². The molecule has 16 aromatic rings. The number of benzene rings is 16. The Hall–Kier alpha value is -9.36. The summed E-state index contributed by atoms with van der Waals surface area (Å²) in [7, 11) is 0. The summed E-state index contributed by atoms with van der Waals surface area (Å²) in [5, 5.41) is 31.4. The molecule has 0 N–H and O–H groups in total. The van der Waals surface area contributed by atoms with E-state index in [1.807, 2.05) is 0 Å². The van der Waals surface area contributed by atoms with Crippen LogP contribution in [0.5, 0.6) is 0 Å². The fraction of sp³-hybridized carbons (Fsp3) is 0.100. The van der Waals surface area contributed by atoms with Crippen LogP contribution in [0.25, 0.3) is 174 Å². The Morgan fingerprint density at radius 1 is 0.113 bits per heavy atom. The second kappa shape index (κ2) is 16.1. The third-order valence-electron chi connectivity index (χ3n) is 19.3. The highest BCUT2D eigenvalue weighted by Crippen LogP contribution is 2.45. The summed E-state index contributed by atoms with van der Waals surface area (Å²) in [6.07, 6.45) is 0. The van der Waals surface area contributed by atoms with E-state index in [1.165, 1.54) is 218 Å². The van der Waals surface area contributed by atoms with E-state index < -0.39 is 0 Å². The Labute approximate surface area is 465 Å². The van der Waals surface area contributed by atoms with Gasteiger partial charge in [-0.25, -0.2) is 0 Å². The molecule has 0 fully saturated rings. The molecule has 0 amide bonds. The van der Waals surface area contributed by atoms with Crippen molar-refractivity contribution in [2.75, 3.05) is 0 Å². The molecule has 0 spiro atoms. The van der Waals surface area contributed by atoms with Crippen molar-refractivity contribution >= 4 is 129 Å². The topological polar surface area (TPSA) is 0 Å². The first-order valence-electron chi connectivity index (χ1n) is 28.5. The Kier molecular flexibility index (Phi) is 9.20. The molecule has 80 heavy (non-hydrogen) atoms. The van der Waals surface area contributed by atoms with Crippen LogP contribution in [0.15, 0.2) is 194 Å². The van der Waals surface area contributed by atoms with Crippen molar-refractivity contribution in [1.29, 1.82) is 0 Å². The maximum Gasteiger partial charge on any atom is -0.00961 e. The highest BCUT2D eigenvalue weighted by atomic mass is 14.2. The van der Waals surface area contributed by atoms with Crippen LogP contribution < -0.4 is 0 Å². The van der Waals surface area contributed by atoms with Gasteiger partial charge in [0.15, 0.2) is 0 Å². The van der Waals surface area contributed by atoms with E-state index in [2.05, 4.69) is 250 Å². The smallest absolute Gasteiger partial charge is 0.00961 e. The van der Waals surface area contributed by atoms with Gasteiger partial charge in [0.1, 0.15) is 0 Å². The highest BCUT2D eigenvalue weighted by molar-refractivity contribution is 6.24. The molecule has 16 aromatic carbocycles. The average molecular weight is 1020 g/mol. The zero-order valence-electron chi connectivity index (χ0n) is 46.5. The lowest BCUT2D eigenvalue weighted by molar-refractivity contribution is 1.52. The summed E-state index contributed by atoms with van der Waals surface area (Å²) in [6, 6.07) is 76.6. The molecule has 0 aromatic heterocycles. The van der Waals surface area contributed by atoms with Crippen molar-refractivity contribution < 1.29 is 0 Å². The van der Waals surface area contributed by atoms with E-state index >= 15 is 0 Å². The van der Waals surface area contributed by atoms with E-state index in [0.717, 1.165) is 0 Å². The molecular formula is C80H56. The number of hydrogen-bond donors (Lipinski definition) is 0. The van der Waals surface area contributed by atoms with Crippen LogP contribution >= 0.6 is 0 Å². The summed E-state index contributed by atoms with van der Waals surface area (Å²) in [5.74, 6) is 0. The third kappa shape index (κ3) is 6.34. The fourth-order valence-electron chi connectivity index (χ4n) is 15.0. The zero-order chi connectivity index (χ0) is 53.7. The van der Waals surface area contributed by atoms with E-state index in [-0.39, 0.29) is 0 Å². The number of aryl methyl sites for hydroxylation is 8. The quantitative estimate of drug-likeness (QED) is 0.133. The first-order valence-corrected chi connectivity index (χ1v) is 28.5. The molecule has 0 aliphatic heterocycles. The molecule has 28 aliphatic rings. The van der Waals surface area contributed by atoms with Crippen LogP contribution in [-0.2, 0) is 0 Å². The minimum Gasteiger partial charge on any atom is -0.0537 e. The fourth-order valence-corrected chi connectivity index (χ4v) is 15.0. The molecule has 0 nitrogen and oxygen atoms in total. The van der Waals surface area contributed by atoms with Gasteiger partial charge in [-0.05, 0) is 322 Å². The summed E-state index contributed by atoms with van der Waals surface area (Å²) in [6.45, 7) is 18.3. The number of hydrogen-bond acceptors (Lipinski definition) is 0. The van der Waals surface area contributed by atoms with Gasteiger partial charge in [-0.1, -0.05) is 146 Å². The van der Waals surface area contributed by atoms with Gasteiger partial charge in [-0.15, -0.1) is 0 Å². The van der Waals surface area contributed by atoms with Gasteiger partial charge < -0.3 is 0 Å².